The molecular formula is C9H14O. The van der Waals surface area contributed by atoms with Crippen molar-refractivity contribution in [2.24, 2.45) is 0 Å². The van der Waals surface area contributed by atoms with E-state index in [1.54, 1.807) is 12.0 Å². The minimum absolute atomic E-state index is 0.876. The highest BCUT2D eigenvalue weighted by atomic mass is 16.1. The van der Waals surface area contributed by atoms with E-state index in [9.17, 15) is 4.79 Å². The highest BCUT2D eigenvalue weighted by Crippen LogP contribution is 2.02. The van der Waals surface area contributed by atoms with Gasteiger partial charge >= 0.3 is 0 Å². The van der Waals surface area contributed by atoms with E-state index in [-0.39, 0.29) is 0 Å². The van der Waals surface area contributed by atoms with Gasteiger partial charge in [0.15, 0.2) is 0 Å². The van der Waals surface area contributed by atoms with E-state index >= 15 is 0 Å². The largest absolute Gasteiger partial charge is 0.234 e. The van der Waals surface area contributed by atoms with Crippen molar-refractivity contribution in [3.63, 3.8) is 0 Å². The van der Waals surface area contributed by atoms with E-state index in [2.05, 4.69) is 6.58 Å². The molecule has 1 nitrogen and oxygen atoms in total. The van der Waals surface area contributed by atoms with Crippen LogP contribution in [-0.4, -0.2) is 5.94 Å². The number of rotatable bonds is 6. The third-order valence-electron chi connectivity index (χ3n) is 1.34. The molecule has 0 rings (SSSR count). The number of hydrogen-bond donors (Lipinski definition) is 0. The summed E-state index contributed by atoms with van der Waals surface area (Å²) in [4.78, 5) is 9.70. The molecule has 0 radical (unpaired) electrons. The summed E-state index contributed by atoms with van der Waals surface area (Å²) in [6.07, 6.45) is 8.92. The molecule has 0 fully saturated rings. The van der Waals surface area contributed by atoms with Crippen molar-refractivity contribution >= 4 is 5.94 Å². The molecule has 0 aromatic carbocycles. The standard InChI is InChI=1S/C9H14O/c1-2-3-4-5-6-7-8-9-10/h2,8H,1,3-7H2. The summed E-state index contributed by atoms with van der Waals surface area (Å²) >= 11 is 0. The lowest BCUT2D eigenvalue weighted by atomic mass is 10.1. The van der Waals surface area contributed by atoms with E-state index in [0.29, 0.717) is 0 Å². The quantitative estimate of drug-likeness (QED) is 0.313. The van der Waals surface area contributed by atoms with Crippen LogP contribution in [0.4, 0.5) is 0 Å². The van der Waals surface area contributed by atoms with Gasteiger partial charge in [0.25, 0.3) is 0 Å². The van der Waals surface area contributed by atoms with Crippen LogP contribution in [0.5, 0.6) is 0 Å². The zero-order valence-corrected chi connectivity index (χ0v) is 6.31. The van der Waals surface area contributed by atoms with E-state index in [4.69, 9.17) is 0 Å². The summed E-state index contributed by atoms with van der Waals surface area (Å²) in [5.41, 5.74) is 0. The molecule has 0 aromatic rings. The molecule has 0 aliphatic rings. The van der Waals surface area contributed by atoms with E-state index < -0.39 is 0 Å². The second kappa shape index (κ2) is 8.19. The predicted octanol–water partition coefficient (Wildman–Crippen LogP) is 2.51. The van der Waals surface area contributed by atoms with Crippen molar-refractivity contribution in [3.8, 4) is 0 Å². The Morgan fingerprint density at radius 1 is 1.20 bits per heavy atom. The Morgan fingerprint density at radius 2 is 1.90 bits per heavy atom. The molecule has 56 valence electrons. The molecule has 0 spiro atoms. The lowest BCUT2D eigenvalue weighted by Crippen LogP contribution is -1.73. The van der Waals surface area contributed by atoms with Crippen LogP contribution in [0.25, 0.3) is 0 Å². The van der Waals surface area contributed by atoms with E-state index in [1.807, 2.05) is 6.08 Å². The van der Waals surface area contributed by atoms with Crippen LogP contribution >= 0.6 is 0 Å². The fraction of sp³-hybridized carbons (Fsp3) is 0.556. The van der Waals surface area contributed by atoms with Crippen LogP contribution in [0.1, 0.15) is 32.1 Å². The fourth-order valence-corrected chi connectivity index (χ4v) is 0.771. The summed E-state index contributed by atoms with van der Waals surface area (Å²) in [6, 6.07) is 0. The first-order chi connectivity index (χ1) is 4.91. The molecule has 0 atom stereocenters. The van der Waals surface area contributed by atoms with Crippen molar-refractivity contribution in [2.45, 2.75) is 32.1 Å². The number of allylic oxidation sites excluding steroid dienone is 2. The van der Waals surface area contributed by atoms with Crippen LogP contribution in [0.15, 0.2) is 18.7 Å². The highest BCUT2D eigenvalue weighted by molar-refractivity contribution is 5.44. The molecule has 0 heterocycles. The topological polar surface area (TPSA) is 17.1 Å². The van der Waals surface area contributed by atoms with Gasteiger partial charge in [0.1, 0.15) is 5.94 Å². The minimum atomic E-state index is 0.876. The first kappa shape index (κ1) is 9.19. The summed E-state index contributed by atoms with van der Waals surface area (Å²) in [5, 5.41) is 0. The molecule has 0 unspecified atom stereocenters. The Morgan fingerprint density at radius 3 is 2.50 bits per heavy atom. The van der Waals surface area contributed by atoms with E-state index in [0.717, 1.165) is 19.3 Å². The second-order valence-electron chi connectivity index (χ2n) is 2.25. The molecule has 10 heavy (non-hydrogen) atoms. The monoisotopic (exact) mass is 138 g/mol. The van der Waals surface area contributed by atoms with Crippen molar-refractivity contribution in [1.82, 2.24) is 0 Å². The zero-order valence-electron chi connectivity index (χ0n) is 6.31. The number of unbranched alkanes of at least 4 members (excludes halogenated alkanes) is 4. The smallest absolute Gasteiger partial charge is 0.120 e. The molecule has 0 aliphatic carbocycles. The molecule has 0 saturated carbocycles. The molecule has 0 saturated heterocycles. The van der Waals surface area contributed by atoms with Gasteiger partial charge in [-0.25, -0.2) is 4.79 Å². The van der Waals surface area contributed by atoms with Crippen LogP contribution in [0.3, 0.4) is 0 Å². The second-order valence-corrected chi connectivity index (χ2v) is 2.25. The maximum atomic E-state index is 9.70. The van der Waals surface area contributed by atoms with Gasteiger partial charge in [-0.15, -0.1) is 6.58 Å². The fourth-order valence-electron chi connectivity index (χ4n) is 0.771. The Kier molecular flexibility index (Phi) is 7.53. The lowest BCUT2D eigenvalue weighted by Gasteiger charge is -1.92. The molecule has 0 bridgehead atoms. The van der Waals surface area contributed by atoms with Gasteiger partial charge in [-0.05, 0) is 31.8 Å². The molecular weight excluding hydrogens is 124 g/mol. The lowest BCUT2D eigenvalue weighted by molar-refractivity contribution is 0.567. The maximum absolute atomic E-state index is 9.70. The third kappa shape index (κ3) is 7.19. The normalized spacial score (nSPS) is 8.40. The first-order valence-corrected chi connectivity index (χ1v) is 3.72. The summed E-state index contributed by atoms with van der Waals surface area (Å²) in [5.74, 6) is 1.76. The van der Waals surface area contributed by atoms with Gasteiger partial charge in [0.05, 0.1) is 0 Å². The van der Waals surface area contributed by atoms with Crippen LogP contribution < -0.4 is 0 Å². The van der Waals surface area contributed by atoms with Crippen molar-refractivity contribution in [1.29, 1.82) is 0 Å². The minimum Gasteiger partial charge on any atom is -0.234 e. The van der Waals surface area contributed by atoms with Gasteiger partial charge in [0, 0.05) is 0 Å². The zero-order chi connectivity index (χ0) is 7.66. The predicted molar refractivity (Wildman–Crippen MR) is 43.5 cm³/mol. The van der Waals surface area contributed by atoms with Gasteiger partial charge in [-0.1, -0.05) is 12.5 Å². The summed E-state index contributed by atoms with van der Waals surface area (Å²) in [7, 11) is 0. The summed E-state index contributed by atoms with van der Waals surface area (Å²) in [6.45, 7) is 3.62. The average Bonchev–Trinajstić information content (AvgIpc) is 1.97. The molecule has 1 heteroatoms. The maximum Gasteiger partial charge on any atom is 0.120 e. The molecule has 0 amide bonds. The first-order valence-electron chi connectivity index (χ1n) is 3.72. The molecule has 0 aromatic heterocycles. The van der Waals surface area contributed by atoms with Crippen LogP contribution in [0.2, 0.25) is 0 Å². The highest BCUT2D eigenvalue weighted by Gasteiger charge is 1.84. The molecule has 0 N–H and O–H groups in total. The Labute approximate surface area is 62.4 Å². The van der Waals surface area contributed by atoms with Gasteiger partial charge in [0.2, 0.25) is 0 Å². The Hall–Kier alpha value is -0.810. The SMILES string of the molecule is C=CCCCCCC=C=O. The third-order valence-corrected chi connectivity index (χ3v) is 1.34. The van der Waals surface area contributed by atoms with Gasteiger partial charge in [-0.3, -0.25) is 0 Å². The Balaban J connectivity index is 2.90. The van der Waals surface area contributed by atoms with E-state index in [1.165, 1.54) is 12.8 Å². The van der Waals surface area contributed by atoms with Crippen molar-refractivity contribution in [3.05, 3.63) is 18.7 Å². The number of carbonyl (C=O) groups excluding carboxylic acids is 1. The van der Waals surface area contributed by atoms with Gasteiger partial charge < -0.3 is 0 Å². The van der Waals surface area contributed by atoms with Crippen molar-refractivity contribution in [2.75, 3.05) is 0 Å². The van der Waals surface area contributed by atoms with Crippen LogP contribution in [0, 0.1) is 0 Å². The Bertz CT molecular complexity index is 121. The van der Waals surface area contributed by atoms with Crippen molar-refractivity contribution < 1.29 is 4.79 Å². The number of hydrogen-bond acceptors (Lipinski definition) is 1. The summed E-state index contributed by atoms with van der Waals surface area (Å²) < 4.78 is 0. The average molecular weight is 138 g/mol. The molecule has 0 aliphatic heterocycles. The van der Waals surface area contributed by atoms with Gasteiger partial charge in [-0.2, -0.15) is 0 Å². The van der Waals surface area contributed by atoms with Crippen LogP contribution in [-0.2, 0) is 4.79 Å².